The van der Waals surface area contributed by atoms with Gasteiger partial charge in [-0.2, -0.15) is 0 Å². The summed E-state index contributed by atoms with van der Waals surface area (Å²) in [5.74, 6) is 0. The number of benzene rings is 1. The van der Waals surface area contributed by atoms with Gasteiger partial charge < -0.3 is 14.6 Å². The van der Waals surface area contributed by atoms with Crippen molar-refractivity contribution in [2.75, 3.05) is 13.2 Å². The van der Waals surface area contributed by atoms with Gasteiger partial charge >= 0.3 is 0 Å². The van der Waals surface area contributed by atoms with Crippen molar-refractivity contribution in [2.24, 2.45) is 0 Å². The topological polar surface area (TPSA) is 38.7 Å². The van der Waals surface area contributed by atoms with Crippen LogP contribution in [0.25, 0.3) is 0 Å². The van der Waals surface area contributed by atoms with Crippen LogP contribution in [0.15, 0.2) is 24.3 Å². The average Bonchev–Trinajstić information content (AvgIpc) is 2.29. The lowest BCUT2D eigenvalue weighted by Crippen LogP contribution is -2.11. The molecule has 0 saturated heterocycles. The Labute approximate surface area is 90.6 Å². The predicted molar refractivity (Wildman–Crippen MR) is 58.4 cm³/mol. The van der Waals surface area contributed by atoms with Crippen LogP contribution in [0, 0.1) is 0 Å². The molecule has 0 unspecified atom stereocenters. The van der Waals surface area contributed by atoms with Crippen molar-refractivity contribution in [3.05, 3.63) is 35.4 Å². The molecular formula is C12H18O3. The smallest absolute Gasteiger partial charge is 0.184 e. The Hall–Kier alpha value is -0.900. The second-order valence-electron chi connectivity index (χ2n) is 3.10. The van der Waals surface area contributed by atoms with E-state index in [4.69, 9.17) is 9.47 Å². The quantitative estimate of drug-likeness (QED) is 0.732. The van der Waals surface area contributed by atoms with Crippen LogP contribution in [0.4, 0.5) is 0 Å². The summed E-state index contributed by atoms with van der Waals surface area (Å²) in [7, 11) is 0. The molecule has 1 N–H and O–H groups in total. The van der Waals surface area contributed by atoms with Gasteiger partial charge in [-0.25, -0.2) is 0 Å². The Bertz CT molecular complexity index is 280. The van der Waals surface area contributed by atoms with E-state index in [0.717, 1.165) is 11.1 Å². The highest BCUT2D eigenvalue weighted by Crippen LogP contribution is 2.22. The van der Waals surface area contributed by atoms with Gasteiger partial charge in [-0.15, -0.1) is 0 Å². The summed E-state index contributed by atoms with van der Waals surface area (Å²) < 4.78 is 11.0. The van der Waals surface area contributed by atoms with Crippen LogP contribution >= 0.6 is 0 Å². The average molecular weight is 210 g/mol. The summed E-state index contributed by atoms with van der Waals surface area (Å²) in [6.45, 7) is 5.03. The zero-order valence-electron chi connectivity index (χ0n) is 9.27. The van der Waals surface area contributed by atoms with Crippen molar-refractivity contribution in [1.82, 2.24) is 0 Å². The molecule has 3 nitrogen and oxygen atoms in total. The van der Waals surface area contributed by atoms with Crippen molar-refractivity contribution >= 4 is 0 Å². The van der Waals surface area contributed by atoms with Gasteiger partial charge in [-0.05, 0) is 19.4 Å². The maximum absolute atomic E-state index is 9.19. The Balaban J connectivity index is 2.88. The second-order valence-corrected chi connectivity index (χ2v) is 3.10. The van der Waals surface area contributed by atoms with E-state index < -0.39 is 0 Å². The molecule has 0 saturated carbocycles. The number of aliphatic hydroxyl groups is 1. The maximum Gasteiger partial charge on any atom is 0.184 e. The maximum atomic E-state index is 9.19. The largest absolute Gasteiger partial charge is 0.392 e. The van der Waals surface area contributed by atoms with Crippen LogP contribution in [-0.2, 0) is 16.1 Å². The minimum Gasteiger partial charge on any atom is -0.392 e. The lowest BCUT2D eigenvalue weighted by atomic mass is 10.1. The van der Waals surface area contributed by atoms with Gasteiger partial charge in [-0.1, -0.05) is 24.3 Å². The van der Waals surface area contributed by atoms with Crippen molar-refractivity contribution in [1.29, 1.82) is 0 Å². The molecule has 84 valence electrons. The summed E-state index contributed by atoms with van der Waals surface area (Å²) >= 11 is 0. The lowest BCUT2D eigenvalue weighted by molar-refractivity contribution is -0.141. The minimum atomic E-state index is -0.372. The van der Waals surface area contributed by atoms with Crippen LogP contribution in [0.1, 0.15) is 31.3 Å². The normalized spacial score (nSPS) is 10.9. The molecule has 0 amide bonds. The van der Waals surface area contributed by atoms with Crippen LogP contribution < -0.4 is 0 Å². The highest BCUT2D eigenvalue weighted by molar-refractivity contribution is 5.27. The molecule has 0 radical (unpaired) electrons. The Morgan fingerprint density at radius 2 is 1.73 bits per heavy atom. The van der Waals surface area contributed by atoms with Gasteiger partial charge in [0.05, 0.1) is 6.61 Å². The van der Waals surface area contributed by atoms with E-state index in [-0.39, 0.29) is 12.9 Å². The lowest BCUT2D eigenvalue weighted by Gasteiger charge is -2.19. The molecule has 0 aromatic heterocycles. The fourth-order valence-electron chi connectivity index (χ4n) is 1.44. The number of hydrogen-bond donors (Lipinski definition) is 1. The molecule has 3 heteroatoms. The molecule has 0 aliphatic carbocycles. The Morgan fingerprint density at radius 3 is 2.27 bits per heavy atom. The van der Waals surface area contributed by atoms with Crippen LogP contribution in [0.5, 0.6) is 0 Å². The molecule has 0 aliphatic heterocycles. The van der Waals surface area contributed by atoms with Gasteiger partial charge in [0.15, 0.2) is 6.29 Å². The Morgan fingerprint density at radius 1 is 1.13 bits per heavy atom. The van der Waals surface area contributed by atoms with Gasteiger partial charge in [0, 0.05) is 18.8 Å². The zero-order chi connectivity index (χ0) is 11.1. The first-order valence-corrected chi connectivity index (χ1v) is 5.25. The van der Waals surface area contributed by atoms with Gasteiger partial charge in [0.1, 0.15) is 0 Å². The van der Waals surface area contributed by atoms with Crippen LogP contribution in [0.2, 0.25) is 0 Å². The Kier molecular flexibility index (Phi) is 5.32. The minimum absolute atomic E-state index is 0.00677. The molecule has 0 spiro atoms. The highest BCUT2D eigenvalue weighted by Gasteiger charge is 2.14. The third-order valence-corrected chi connectivity index (χ3v) is 2.12. The molecule has 15 heavy (non-hydrogen) atoms. The number of ether oxygens (including phenoxy) is 2. The van der Waals surface area contributed by atoms with Gasteiger partial charge in [0.25, 0.3) is 0 Å². The summed E-state index contributed by atoms with van der Waals surface area (Å²) in [4.78, 5) is 0. The molecular weight excluding hydrogens is 192 g/mol. The third kappa shape index (κ3) is 3.30. The van der Waals surface area contributed by atoms with E-state index in [1.807, 2.05) is 38.1 Å². The summed E-state index contributed by atoms with van der Waals surface area (Å²) in [6, 6.07) is 7.60. The fraction of sp³-hybridized carbons (Fsp3) is 0.500. The van der Waals surface area contributed by atoms with E-state index in [1.54, 1.807) is 0 Å². The third-order valence-electron chi connectivity index (χ3n) is 2.12. The summed E-state index contributed by atoms with van der Waals surface area (Å²) in [6.07, 6.45) is -0.372. The molecule has 0 heterocycles. The number of aliphatic hydroxyl groups excluding tert-OH is 1. The first-order valence-electron chi connectivity index (χ1n) is 5.25. The SMILES string of the molecule is CCOC(OCC)c1ccccc1CO. The monoisotopic (exact) mass is 210 g/mol. The fourth-order valence-corrected chi connectivity index (χ4v) is 1.44. The first kappa shape index (κ1) is 12.2. The molecule has 1 rings (SSSR count). The standard InChI is InChI=1S/C12H18O3/c1-3-14-12(15-4-2)11-8-6-5-7-10(11)9-13/h5-8,12-13H,3-4,9H2,1-2H3. The summed E-state index contributed by atoms with van der Waals surface area (Å²) in [5, 5.41) is 9.19. The van der Waals surface area contributed by atoms with E-state index >= 15 is 0 Å². The van der Waals surface area contributed by atoms with E-state index in [2.05, 4.69) is 0 Å². The predicted octanol–water partition coefficient (Wildman–Crippen LogP) is 2.25. The van der Waals surface area contributed by atoms with Crippen molar-refractivity contribution in [2.45, 2.75) is 26.7 Å². The first-order chi connectivity index (χ1) is 7.33. The highest BCUT2D eigenvalue weighted by atomic mass is 16.7. The molecule has 0 atom stereocenters. The molecule has 1 aromatic rings. The number of hydrogen-bond acceptors (Lipinski definition) is 3. The van der Waals surface area contributed by atoms with E-state index in [0.29, 0.717) is 13.2 Å². The van der Waals surface area contributed by atoms with Crippen molar-refractivity contribution in [3.63, 3.8) is 0 Å². The van der Waals surface area contributed by atoms with Crippen molar-refractivity contribution < 1.29 is 14.6 Å². The summed E-state index contributed by atoms with van der Waals surface area (Å²) in [5.41, 5.74) is 1.76. The van der Waals surface area contributed by atoms with E-state index in [1.165, 1.54) is 0 Å². The van der Waals surface area contributed by atoms with E-state index in [9.17, 15) is 5.11 Å². The molecule has 0 aliphatic rings. The van der Waals surface area contributed by atoms with Crippen molar-refractivity contribution in [3.8, 4) is 0 Å². The zero-order valence-corrected chi connectivity index (χ0v) is 9.27. The van der Waals surface area contributed by atoms with Gasteiger partial charge in [-0.3, -0.25) is 0 Å². The van der Waals surface area contributed by atoms with Crippen LogP contribution in [-0.4, -0.2) is 18.3 Å². The van der Waals surface area contributed by atoms with Gasteiger partial charge in [0.2, 0.25) is 0 Å². The molecule has 0 fully saturated rings. The second kappa shape index (κ2) is 6.56. The van der Waals surface area contributed by atoms with Crippen LogP contribution in [0.3, 0.4) is 0 Å². The molecule has 0 bridgehead atoms. The molecule has 1 aromatic carbocycles. The number of rotatable bonds is 6.